The molecule has 3 N–H and O–H groups in total. The van der Waals surface area contributed by atoms with Gasteiger partial charge in [0.15, 0.2) is 12.6 Å². The standard InChI is InChI=1S/C20H26N4O3.C16H22N4O2.C4H5ClO/c1-15(2)20(25)21-13-16-6-8-17(9-7-16)18-14-24(23-22-18)10-12-27-19-5-3-4-11-26-19;17-11-13-4-6-14(7-5-13)15-12-20(19-18-15)8-10-22-16-3-1-2-9-21-16;1-3(2)4(5)6/h6-9,14,19H,1,3-5,10-13H2,2H3,(H,21,25);4-7,12,16H,1-3,8-11,17H2;1H2,2H3. The summed E-state index contributed by atoms with van der Waals surface area (Å²) in [5.74, 6) is -0.136. The lowest BCUT2D eigenvalue weighted by Crippen LogP contribution is -2.24. The number of nitrogens with one attached hydrogen (secondary N) is 1. The molecule has 2 aliphatic heterocycles. The molecule has 2 aromatic heterocycles. The summed E-state index contributed by atoms with van der Waals surface area (Å²) < 4.78 is 26.1. The summed E-state index contributed by atoms with van der Waals surface area (Å²) in [6, 6.07) is 15.9. The van der Waals surface area contributed by atoms with Crippen LogP contribution in [0.4, 0.5) is 0 Å². The summed E-state index contributed by atoms with van der Waals surface area (Å²) >= 11 is 4.87. The van der Waals surface area contributed by atoms with E-state index in [0.717, 1.165) is 79.0 Å². The van der Waals surface area contributed by atoms with E-state index in [0.29, 0.717) is 50.5 Å². The first-order valence-corrected chi connectivity index (χ1v) is 18.9. The van der Waals surface area contributed by atoms with Gasteiger partial charge in [-0.1, -0.05) is 72.1 Å². The average Bonchev–Trinajstić information content (AvgIpc) is 3.89. The lowest BCUT2D eigenvalue weighted by molar-refractivity contribution is -0.164. The van der Waals surface area contributed by atoms with Crippen molar-refractivity contribution in [3.63, 3.8) is 0 Å². The molecule has 4 heterocycles. The Balaban J connectivity index is 0.000000216. The molecule has 2 unspecified atom stereocenters. The van der Waals surface area contributed by atoms with Gasteiger partial charge in [0.1, 0.15) is 11.4 Å². The molecule has 0 aliphatic carbocycles. The predicted molar refractivity (Wildman–Crippen MR) is 210 cm³/mol. The van der Waals surface area contributed by atoms with Gasteiger partial charge in [0.2, 0.25) is 11.1 Å². The molecule has 4 aromatic rings. The molecular formula is C40H53ClN8O6. The third kappa shape index (κ3) is 15.6. The number of carbonyl (C=O) groups is 2. The van der Waals surface area contributed by atoms with Gasteiger partial charge in [-0.25, -0.2) is 9.36 Å². The van der Waals surface area contributed by atoms with Crippen molar-refractivity contribution in [3.05, 3.63) is 96.4 Å². The van der Waals surface area contributed by atoms with Crippen molar-refractivity contribution in [3.8, 4) is 22.5 Å². The zero-order valence-electron chi connectivity index (χ0n) is 31.8. The normalized spacial score (nSPS) is 16.5. The molecule has 296 valence electrons. The fraction of sp³-hybridized carbons (Fsp3) is 0.450. The smallest absolute Gasteiger partial charge is 0.247 e. The highest BCUT2D eigenvalue weighted by molar-refractivity contribution is 6.67. The number of hydrogen-bond acceptors (Lipinski definition) is 11. The molecule has 0 saturated carbocycles. The number of benzene rings is 2. The maximum atomic E-state index is 11.5. The van der Waals surface area contributed by atoms with E-state index in [-0.39, 0.29) is 18.5 Å². The minimum absolute atomic E-state index is 0.0550. The number of aromatic nitrogens is 6. The lowest BCUT2D eigenvalue weighted by atomic mass is 10.1. The first kappa shape index (κ1) is 43.2. The summed E-state index contributed by atoms with van der Waals surface area (Å²) in [6.45, 7) is 15.2. The molecule has 14 nitrogen and oxygen atoms in total. The molecule has 6 rings (SSSR count). The second kappa shape index (κ2) is 23.4. The number of allylic oxidation sites excluding steroid dienone is 1. The number of halogens is 1. The van der Waals surface area contributed by atoms with Gasteiger partial charge < -0.3 is 30.0 Å². The molecule has 15 heteroatoms. The number of rotatable bonds is 15. The van der Waals surface area contributed by atoms with Crippen LogP contribution in [0.2, 0.25) is 0 Å². The van der Waals surface area contributed by atoms with Crippen LogP contribution >= 0.6 is 11.6 Å². The van der Waals surface area contributed by atoms with Gasteiger partial charge in [-0.2, -0.15) is 0 Å². The van der Waals surface area contributed by atoms with Gasteiger partial charge in [-0.05, 0) is 75.1 Å². The highest BCUT2D eigenvalue weighted by Crippen LogP contribution is 2.19. The van der Waals surface area contributed by atoms with Crippen LogP contribution in [0.3, 0.4) is 0 Å². The molecule has 2 fully saturated rings. The maximum absolute atomic E-state index is 11.5. The van der Waals surface area contributed by atoms with Crippen molar-refractivity contribution in [2.45, 2.75) is 91.1 Å². The molecule has 2 saturated heterocycles. The quantitative estimate of drug-likeness (QED) is 0.108. The van der Waals surface area contributed by atoms with Gasteiger partial charge in [-0.15, -0.1) is 10.2 Å². The summed E-state index contributed by atoms with van der Waals surface area (Å²) in [5.41, 5.74) is 12.3. The summed E-state index contributed by atoms with van der Waals surface area (Å²) in [6.07, 6.45) is 10.2. The molecule has 2 aromatic carbocycles. The fourth-order valence-electron chi connectivity index (χ4n) is 5.26. The molecule has 2 aliphatic rings. The number of amides is 1. The SMILES string of the molecule is C=C(C)C(=O)Cl.C=C(C)C(=O)NCc1ccc(-c2cn(CCOC3CCCCO3)nn2)cc1.NCc1ccc(-c2cn(CCOC3CCCCO3)nn2)cc1. The third-order valence-corrected chi connectivity index (χ3v) is 8.84. The first-order valence-electron chi connectivity index (χ1n) is 18.6. The minimum Gasteiger partial charge on any atom is -0.353 e. The highest BCUT2D eigenvalue weighted by atomic mass is 35.5. The largest absolute Gasteiger partial charge is 0.353 e. The highest BCUT2D eigenvalue weighted by Gasteiger charge is 2.15. The van der Waals surface area contributed by atoms with Crippen molar-refractivity contribution in [2.75, 3.05) is 26.4 Å². The number of carbonyl (C=O) groups excluding carboxylic acids is 2. The van der Waals surface area contributed by atoms with E-state index in [4.69, 9.17) is 36.3 Å². The van der Waals surface area contributed by atoms with Crippen molar-refractivity contribution in [1.29, 1.82) is 0 Å². The van der Waals surface area contributed by atoms with Crippen LogP contribution in [0, 0.1) is 0 Å². The van der Waals surface area contributed by atoms with Gasteiger partial charge in [0, 0.05) is 48.6 Å². The fourth-order valence-corrected chi connectivity index (χ4v) is 5.26. The Hall–Kier alpha value is -4.57. The van der Waals surface area contributed by atoms with E-state index in [1.54, 1.807) is 23.2 Å². The van der Waals surface area contributed by atoms with E-state index in [1.807, 2.05) is 60.9 Å². The monoisotopic (exact) mass is 776 g/mol. The van der Waals surface area contributed by atoms with Crippen molar-refractivity contribution in [2.24, 2.45) is 5.73 Å². The molecule has 1 amide bonds. The molecule has 2 atom stereocenters. The molecule has 0 radical (unpaired) electrons. The Morgan fingerprint density at radius 3 is 1.62 bits per heavy atom. The Kier molecular flexibility index (Phi) is 18.3. The molecule has 0 bridgehead atoms. The van der Waals surface area contributed by atoms with Crippen molar-refractivity contribution in [1.82, 2.24) is 35.3 Å². The van der Waals surface area contributed by atoms with Crippen LogP contribution in [0.5, 0.6) is 0 Å². The Labute approximate surface area is 328 Å². The van der Waals surface area contributed by atoms with Crippen LogP contribution in [0.15, 0.2) is 85.2 Å². The summed E-state index contributed by atoms with van der Waals surface area (Å²) in [5, 5.41) is 19.1. The van der Waals surface area contributed by atoms with Gasteiger partial charge in [0.25, 0.3) is 0 Å². The predicted octanol–water partition coefficient (Wildman–Crippen LogP) is 5.96. The van der Waals surface area contributed by atoms with Gasteiger partial charge >= 0.3 is 0 Å². The average molecular weight is 777 g/mol. The van der Waals surface area contributed by atoms with E-state index in [2.05, 4.69) is 39.1 Å². The van der Waals surface area contributed by atoms with Crippen LogP contribution in [-0.2, 0) is 54.7 Å². The van der Waals surface area contributed by atoms with Crippen molar-refractivity contribution < 1.29 is 28.5 Å². The van der Waals surface area contributed by atoms with Crippen LogP contribution in [-0.4, -0.2) is 80.1 Å². The Bertz CT molecular complexity index is 1770. The van der Waals surface area contributed by atoms with E-state index >= 15 is 0 Å². The van der Waals surface area contributed by atoms with Gasteiger partial charge in [-0.3, -0.25) is 9.59 Å². The van der Waals surface area contributed by atoms with Crippen LogP contribution in [0.1, 0.15) is 63.5 Å². The second-order valence-electron chi connectivity index (χ2n) is 13.2. The van der Waals surface area contributed by atoms with E-state index in [1.165, 1.54) is 6.42 Å². The minimum atomic E-state index is -0.463. The third-order valence-electron chi connectivity index (χ3n) is 8.51. The molecule has 0 spiro atoms. The van der Waals surface area contributed by atoms with E-state index < -0.39 is 5.24 Å². The number of hydrogen-bond donors (Lipinski definition) is 2. The summed E-state index contributed by atoms with van der Waals surface area (Å²) in [7, 11) is 0. The topological polar surface area (TPSA) is 171 Å². The Morgan fingerprint density at radius 2 is 1.24 bits per heavy atom. The van der Waals surface area contributed by atoms with Crippen LogP contribution < -0.4 is 11.1 Å². The van der Waals surface area contributed by atoms with E-state index in [9.17, 15) is 9.59 Å². The second-order valence-corrected chi connectivity index (χ2v) is 13.5. The van der Waals surface area contributed by atoms with Crippen molar-refractivity contribution >= 4 is 22.8 Å². The summed E-state index contributed by atoms with van der Waals surface area (Å²) in [4.78, 5) is 21.4. The first-order chi connectivity index (χ1) is 26.6. The Morgan fingerprint density at radius 1 is 0.782 bits per heavy atom. The number of ether oxygens (including phenoxy) is 4. The molecule has 55 heavy (non-hydrogen) atoms. The maximum Gasteiger partial charge on any atom is 0.247 e. The lowest BCUT2D eigenvalue weighted by Gasteiger charge is -2.22. The van der Waals surface area contributed by atoms with Crippen LogP contribution in [0.25, 0.3) is 22.5 Å². The number of nitrogens with two attached hydrogens (primary N) is 1. The molecular weight excluding hydrogens is 724 g/mol. The number of nitrogens with zero attached hydrogens (tertiary/aromatic N) is 6. The zero-order chi connectivity index (χ0) is 39.4. The van der Waals surface area contributed by atoms with Gasteiger partial charge in [0.05, 0.1) is 38.7 Å². The zero-order valence-corrected chi connectivity index (χ0v) is 32.6.